The van der Waals surface area contributed by atoms with Crippen LogP contribution in [0.3, 0.4) is 0 Å². The number of fused-ring (bicyclic) bond motifs is 1. The van der Waals surface area contributed by atoms with E-state index in [0.717, 1.165) is 11.3 Å². The number of para-hydroxylation sites is 1. The van der Waals surface area contributed by atoms with E-state index in [0.29, 0.717) is 23.2 Å². The van der Waals surface area contributed by atoms with Crippen LogP contribution in [-0.2, 0) is 0 Å². The van der Waals surface area contributed by atoms with Crippen molar-refractivity contribution in [3.63, 3.8) is 0 Å². The van der Waals surface area contributed by atoms with Crippen LogP contribution >= 0.6 is 0 Å². The minimum Gasteiger partial charge on any atom is -0.545 e. The zero-order valence-electron chi connectivity index (χ0n) is 12.1. The number of ether oxygens (including phenoxy) is 1. The molecule has 0 unspecified atom stereocenters. The number of hydrogen-bond acceptors (Lipinski definition) is 4. The predicted octanol–water partition coefficient (Wildman–Crippen LogP) is 2.66. The molecule has 0 saturated carbocycles. The van der Waals surface area contributed by atoms with E-state index >= 15 is 0 Å². The van der Waals surface area contributed by atoms with Crippen molar-refractivity contribution >= 4 is 16.9 Å². The Bertz CT molecular complexity index is 843. The summed E-state index contributed by atoms with van der Waals surface area (Å²) in [7, 11) is 0. The van der Waals surface area contributed by atoms with E-state index < -0.39 is 5.97 Å². The Morgan fingerprint density at radius 1 is 1.14 bits per heavy atom. The highest BCUT2D eigenvalue weighted by Gasteiger charge is 2.08. The normalized spacial score (nSPS) is 10.6. The van der Waals surface area contributed by atoms with E-state index in [1.54, 1.807) is 24.3 Å². The first kappa shape index (κ1) is 14.1. The lowest BCUT2D eigenvalue weighted by molar-refractivity contribution is -0.254. The highest BCUT2D eigenvalue weighted by Crippen LogP contribution is 2.27. The average molecular weight is 292 g/mol. The fraction of sp³-hybridized carbons (Fsp3) is 0.111. The smallest absolute Gasteiger partial charge is 0.119 e. The number of carbonyl (C=O) groups excluding carboxylic acids is 1. The summed E-state index contributed by atoms with van der Waals surface area (Å²) in [6.07, 6.45) is 0. The topological polar surface area (TPSA) is 62.2 Å². The van der Waals surface area contributed by atoms with E-state index in [4.69, 9.17) is 4.74 Å². The molecule has 22 heavy (non-hydrogen) atoms. The molecule has 2 aromatic carbocycles. The molecule has 0 spiro atoms. The number of carboxylic acid groups (broad SMARTS) is 1. The van der Waals surface area contributed by atoms with Gasteiger partial charge in [0.1, 0.15) is 5.75 Å². The maximum absolute atomic E-state index is 11.4. The summed E-state index contributed by atoms with van der Waals surface area (Å²) >= 11 is 0. The molecule has 3 rings (SSSR count). The Balaban J connectivity index is 2.19. The standard InChI is InChI=1S/C18H15NO3/c1-2-22-13-7-5-6-12(10-13)17-11-15(18(20)21)14-8-3-4-9-16(14)19-17/h3-11H,2H2,1H3,(H,20,21)/p-1. The van der Waals surface area contributed by atoms with Gasteiger partial charge < -0.3 is 14.6 Å². The van der Waals surface area contributed by atoms with Crippen LogP contribution in [0.2, 0.25) is 0 Å². The molecule has 110 valence electrons. The summed E-state index contributed by atoms with van der Waals surface area (Å²) in [4.78, 5) is 15.9. The number of nitrogens with zero attached hydrogens (tertiary/aromatic N) is 1. The molecule has 0 N–H and O–H groups in total. The second kappa shape index (κ2) is 5.85. The lowest BCUT2D eigenvalue weighted by Gasteiger charge is -2.11. The van der Waals surface area contributed by atoms with Crippen molar-refractivity contribution < 1.29 is 14.6 Å². The van der Waals surface area contributed by atoms with Crippen LogP contribution in [0.4, 0.5) is 0 Å². The van der Waals surface area contributed by atoms with Gasteiger partial charge in [-0.2, -0.15) is 0 Å². The van der Waals surface area contributed by atoms with Crippen molar-refractivity contribution in [1.82, 2.24) is 4.98 Å². The minimum atomic E-state index is -1.21. The molecule has 0 atom stereocenters. The van der Waals surface area contributed by atoms with Gasteiger partial charge >= 0.3 is 0 Å². The second-order valence-electron chi connectivity index (χ2n) is 4.82. The summed E-state index contributed by atoms with van der Waals surface area (Å²) in [5.41, 5.74) is 2.15. The number of pyridine rings is 1. The fourth-order valence-electron chi connectivity index (χ4n) is 2.40. The quantitative estimate of drug-likeness (QED) is 0.741. The van der Waals surface area contributed by atoms with Crippen LogP contribution in [-0.4, -0.2) is 17.6 Å². The molecule has 0 aliphatic rings. The summed E-state index contributed by atoms with van der Waals surface area (Å²) in [5.74, 6) is -0.481. The SMILES string of the molecule is CCOc1cccc(-c2cc(C(=O)[O-])c3ccccc3n2)c1. The van der Waals surface area contributed by atoms with Crippen LogP contribution < -0.4 is 9.84 Å². The number of aromatic nitrogens is 1. The monoisotopic (exact) mass is 292 g/mol. The van der Waals surface area contributed by atoms with E-state index in [9.17, 15) is 9.90 Å². The molecule has 1 aromatic heterocycles. The van der Waals surface area contributed by atoms with Crippen molar-refractivity contribution in [3.8, 4) is 17.0 Å². The Kier molecular flexibility index (Phi) is 3.74. The van der Waals surface area contributed by atoms with Gasteiger partial charge in [0.15, 0.2) is 0 Å². The maximum Gasteiger partial charge on any atom is 0.119 e. The zero-order valence-corrected chi connectivity index (χ0v) is 12.1. The van der Waals surface area contributed by atoms with E-state index in [1.807, 2.05) is 37.3 Å². The highest BCUT2D eigenvalue weighted by molar-refractivity contribution is 6.02. The molecule has 0 aliphatic heterocycles. The third kappa shape index (κ3) is 2.63. The van der Waals surface area contributed by atoms with Crippen molar-refractivity contribution in [1.29, 1.82) is 0 Å². The van der Waals surface area contributed by atoms with Crippen molar-refractivity contribution in [2.75, 3.05) is 6.61 Å². The minimum absolute atomic E-state index is 0.141. The summed E-state index contributed by atoms with van der Waals surface area (Å²) < 4.78 is 5.48. The van der Waals surface area contributed by atoms with Gasteiger partial charge in [0.2, 0.25) is 0 Å². The Labute approximate surface area is 128 Å². The molecule has 4 heteroatoms. The Morgan fingerprint density at radius 2 is 1.95 bits per heavy atom. The predicted molar refractivity (Wildman–Crippen MR) is 82.7 cm³/mol. The van der Waals surface area contributed by atoms with Crippen molar-refractivity contribution in [2.45, 2.75) is 6.92 Å². The maximum atomic E-state index is 11.4. The Morgan fingerprint density at radius 3 is 2.73 bits per heavy atom. The summed E-state index contributed by atoms with van der Waals surface area (Å²) in [6.45, 7) is 2.48. The largest absolute Gasteiger partial charge is 0.545 e. The van der Waals surface area contributed by atoms with Crippen LogP contribution in [0, 0.1) is 0 Å². The fourth-order valence-corrected chi connectivity index (χ4v) is 2.40. The summed E-state index contributed by atoms with van der Waals surface area (Å²) in [6, 6.07) is 16.1. The van der Waals surface area contributed by atoms with Gasteiger partial charge in [0, 0.05) is 16.5 Å². The molecule has 1 heterocycles. The highest BCUT2D eigenvalue weighted by atomic mass is 16.5. The molecule has 0 saturated heterocycles. The van der Waals surface area contributed by atoms with Crippen LogP contribution in [0.1, 0.15) is 17.3 Å². The van der Waals surface area contributed by atoms with Crippen LogP contribution in [0.25, 0.3) is 22.2 Å². The van der Waals surface area contributed by atoms with Gasteiger partial charge in [-0.3, -0.25) is 0 Å². The number of benzene rings is 2. The van der Waals surface area contributed by atoms with Gasteiger partial charge in [0.05, 0.1) is 23.8 Å². The third-order valence-electron chi connectivity index (χ3n) is 3.38. The number of aromatic carboxylic acids is 1. The molecule has 4 nitrogen and oxygen atoms in total. The first-order chi connectivity index (χ1) is 10.7. The van der Waals surface area contributed by atoms with Gasteiger partial charge in [-0.1, -0.05) is 30.3 Å². The second-order valence-corrected chi connectivity index (χ2v) is 4.82. The molecular formula is C18H14NO3-. The van der Waals surface area contributed by atoms with E-state index in [2.05, 4.69) is 4.98 Å². The van der Waals surface area contributed by atoms with E-state index in [-0.39, 0.29) is 5.56 Å². The first-order valence-electron chi connectivity index (χ1n) is 7.03. The van der Waals surface area contributed by atoms with Crippen LogP contribution in [0.15, 0.2) is 54.6 Å². The first-order valence-corrected chi connectivity index (χ1v) is 7.03. The molecule has 0 aliphatic carbocycles. The van der Waals surface area contributed by atoms with Crippen molar-refractivity contribution in [3.05, 3.63) is 60.2 Å². The molecule has 0 fully saturated rings. The molecule has 3 aromatic rings. The third-order valence-corrected chi connectivity index (χ3v) is 3.38. The molecule has 0 bridgehead atoms. The molecule has 0 radical (unpaired) electrons. The number of hydrogen-bond donors (Lipinski definition) is 0. The lowest BCUT2D eigenvalue weighted by atomic mass is 10.0. The summed E-state index contributed by atoms with van der Waals surface area (Å²) in [5, 5.41) is 12.0. The van der Waals surface area contributed by atoms with E-state index in [1.165, 1.54) is 0 Å². The Hall–Kier alpha value is -2.88. The van der Waals surface area contributed by atoms with Gasteiger partial charge in [-0.25, -0.2) is 4.98 Å². The number of carboxylic acids is 1. The lowest BCUT2D eigenvalue weighted by Crippen LogP contribution is -2.22. The zero-order chi connectivity index (χ0) is 15.5. The van der Waals surface area contributed by atoms with Gasteiger partial charge in [-0.15, -0.1) is 0 Å². The average Bonchev–Trinajstić information content (AvgIpc) is 2.54. The van der Waals surface area contributed by atoms with Gasteiger partial charge in [0.25, 0.3) is 0 Å². The van der Waals surface area contributed by atoms with Crippen LogP contribution in [0.5, 0.6) is 5.75 Å². The number of carbonyl (C=O) groups is 1. The molecular weight excluding hydrogens is 278 g/mol. The molecule has 0 amide bonds. The van der Waals surface area contributed by atoms with Gasteiger partial charge in [-0.05, 0) is 31.2 Å². The van der Waals surface area contributed by atoms with Crippen molar-refractivity contribution in [2.24, 2.45) is 0 Å². The number of rotatable bonds is 4.